The number of aromatic nitrogens is 1. The van der Waals surface area contributed by atoms with Gasteiger partial charge in [-0.1, -0.05) is 6.07 Å². The molecule has 1 heterocycles. The first-order valence-electron chi connectivity index (χ1n) is 8.44. The molecule has 0 aliphatic carbocycles. The number of benzene rings is 2. The summed E-state index contributed by atoms with van der Waals surface area (Å²) >= 11 is 0. The Balaban J connectivity index is 1.72. The molecule has 6 heteroatoms. The molecule has 0 spiro atoms. The van der Waals surface area contributed by atoms with Crippen molar-refractivity contribution in [1.82, 2.24) is 4.98 Å². The zero-order valence-corrected chi connectivity index (χ0v) is 14.5. The number of ether oxygens (including phenoxy) is 1. The lowest BCUT2D eigenvalue weighted by Crippen LogP contribution is -2.35. The third-order valence-electron chi connectivity index (χ3n) is 3.97. The maximum absolute atomic E-state index is 12.9. The molecule has 0 fully saturated rings. The summed E-state index contributed by atoms with van der Waals surface area (Å²) in [5.74, 6) is 0.584. The molecule has 0 saturated carbocycles. The number of hydrogen-bond donors (Lipinski definition) is 2. The van der Waals surface area contributed by atoms with Crippen LogP contribution in [0.5, 0.6) is 11.5 Å². The van der Waals surface area contributed by atoms with Gasteiger partial charge in [0.1, 0.15) is 17.3 Å². The number of ketones is 1. The molecular weight excluding hydrogens is 347 g/mol. The second-order valence-corrected chi connectivity index (χ2v) is 6.03. The fraction of sp³-hybridized carbons (Fsp3) is 0.143. The van der Waals surface area contributed by atoms with Gasteiger partial charge in [0, 0.05) is 11.3 Å². The number of pyridine rings is 1. The standard InChI is InChI=1S/C21H19FN2O3/c22-15-6-10-18(11-7-15)27-17-8-4-14(5-9-17)20-3-1-2-16(24-20)12-21(26)19(23)13-25/h1-11,19,25H,12-13,23H2/t19-/m0/s1. The molecule has 1 aromatic heterocycles. The van der Waals surface area contributed by atoms with Gasteiger partial charge < -0.3 is 15.6 Å². The molecule has 138 valence electrons. The fourth-order valence-corrected chi connectivity index (χ4v) is 2.48. The number of carbonyl (C=O) groups excluding carboxylic acids is 1. The molecule has 3 aromatic rings. The molecule has 0 bridgehead atoms. The Morgan fingerprint density at radius 1 is 1.04 bits per heavy atom. The van der Waals surface area contributed by atoms with E-state index in [0.717, 1.165) is 5.56 Å². The number of aliphatic hydroxyl groups is 1. The van der Waals surface area contributed by atoms with Crippen molar-refractivity contribution in [1.29, 1.82) is 0 Å². The van der Waals surface area contributed by atoms with Crippen LogP contribution in [0.2, 0.25) is 0 Å². The highest BCUT2D eigenvalue weighted by Crippen LogP contribution is 2.25. The van der Waals surface area contributed by atoms with Crippen LogP contribution in [0.1, 0.15) is 5.69 Å². The van der Waals surface area contributed by atoms with Crippen molar-refractivity contribution in [3.05, 3.63) is 78.2 Å². The second-order valence-electron chi connectivity index (χ2n) is 6.03. The number of hydrogen-bond acceptors (Lipinski definition) is 5. The van der Waals surface area contributed by atoms with E-state index in [2.05, 4.69) is 4.98 Å². The molecule has 1 atom stereocenters. The molecule has 0 saturated heterocycles. The van der Waals surface area contributed by atoms with Crippen molar-refractivity contribution < 1.29 is 19.0 Å². The third kappa shape index (κ3) is 4.97. The molecule has 2 aromatic carbocycles. The lowest BCUT2D eigenvalue weighted by atomic mass is 10.1. The van der Waals surface area contributed by atoms with Crippen molar-refractivity contribution in [3.63, 3.8) is 0 Å². The minimum Gasteiger partial charge on any atom is -0.457 e. The van der Waals surface area contributed by atoms with Crippen LogP contribution in [0.4, 0.5) is 4.39 Å². The topological polar surface area (TPSA) is 85.4 Å². The van der Waals surface area contributed by atoms with Gasteiger partial charge in [-0.25, -0.2) is 4.39 Å². The van der Waals surface area contributed by atoms with E-state index < -0.39 is 6.04 Å². The van der Waals surface area contributed by atoms with Crippen molar-refractivity contribution in [2.24, 2.45) is 5.73 Å². The molecule has 0 unspecified atom stereocenters. The Morgan fingerprint density at radius 2 is 1.67 bits per heavy atom. The number of rotatable bonds is 7. The maximum Gasteiger partial charge on any atom is 0.157 e. The van der Waals surface area contributed by atoms with Gasteiger partial charge in [0.2, 0.25) is 0 Å². The van der Waals surface area contributed by atoms with Gasteiger partial charge in [-0.15, -0.1) is 0 Å². The Kier molecular flexibility index (Phi) is 5.90. The number of carbonyl (C=O) groups is 1. The highest BCUT2D eigenvalue weighted by atomic mass is 19.1. The van der Waals surface area contributed by atoms with Gasteiger partial charge in [0.05, 0.1) is 24.8 Å². The first-order valence-corrected chi connectivity index (χ1v) is 8.44. The van der Waals surface area contributed by atoms with Crippen LogP contribution in [0.3, 0.4) is 0 Å². The molecule has 3 rings (SSSR count). The predicted octanol–water partition coefficient (Wildman–Crippen LogP) is 3.11. The number of halogens is 1. The molecule has 0 radical (unpaired) electrons. The molecule has 27 heavy (non-hydrogen) atoms. The summed E-state index contributed by atoms with van der Waals surface area (Å²) in [6, 6.07) is 17.6. The Hall–Kier alpha value is -3.09. The molecule has 0 aliphatic rings. The third-order valence-corrected chi connectivity index (χ3v) is 3.97. The summed E-state index contributed by atoms with van der Waals surface area (Å²) in [4.78, 5) is 16.3. The average Bonchev–Trinajstić information content (AvgIpc) is 2.70. The summed E-state index contributed by atoms with van der Waals surface area (Å²) in [6.07, 6.45) is 0.0708. The van der Waals surface area contributed by atoms with Crippen LogP contribution in [0.15, 0.2) is 66.7 Å². The number of Topliss-reactive ketones (excluding diaryl/α,β-unsaturated/α-hetero) is 1. The number of nitrogens with two attached hydrogens (primary N) is 1. The van der Waals surface area contributed by atoms with E-state index in [1.807, 2.05) is 24.3 Å². The van der Waals surface area contributed by atoms with Crippen molar-refractivity contribution >= 4 is 5.78 Å². The number of aliphatic hydroxyl groups excluding tert-OH is 1. The first kappa shape index (κ1) is 18.7. The van der Waals surface area contributed by atoms with Crippen LogP contribution in [-0.4, -0.2) is 28.5 Å². The largest absolute Gasteiger partial charge is 0.457 e. The summed E-state index contributed by atoms with van der Waals surface area (Å²) in [5, 5.41) is 8.96. The second kappa shape index (κ2) is 8.53. The average molecular weight is 366 g/mol. The molecule has 3 N–H and O–H groups in total. The Bertz CT molecular complexity index is 911. The van der Waals surface area contributed by atoms with Crippen LogP contribution in [0, 0.1) is 5.82 Å². The maximum atomic E-state index is 12.9. The van der Waals surface area contributed by atoms with Crippen molar-refractivity contribution in [2.75, 3.05) is 6.61 Å². The summed E-state index contributed by atoms with van der Waals surface area (Å²) in [5.41, 5.74) is 7.71. The monoisotopic (exact) mass is 366 g/mol. The van der Waals surface area contributed by atoms with Crippen molar-refractivity contribution in [2.45, 2.75) is 12.5 Å². The molecule has 0 amide bonds. The van der Waals surface area contributed by atoms with Crippen LogP contribution in [-0.2, 0) is 11.2 Å². The van der Waals surface area contributed by atoms with E-state index >= 15 is 0 Å². The normalized spacial score (nSPS) is 11.8. The van der Waals surface area contributed by atoms with E-state index in [4.69, 9.17) is 15.6 Å². The molecular formula is C21H19FN2O3. The van der Waals surface area contributed by atoms with Gasteiger partial charge in [-0.05, 0) is 60.7 Å². The van der Waals surface area contributed by atoms with Gasteiger partial charge in [-0.2, -0.15) is 0 Å². The zero-order valence-electron chi connectivity index (χ0n) is 14.5. The van der Waals surface area contributed by atoms with Gasteiger partial charge in [-0.3, -0.25) is 9.78 Å². The van der Waals surface area contributed by atoms with E-state index in [9.17, 15) is 9.18 Å². The fourth-order valence-electron chi connectivity index (χ4n) is 2.48. The summed E-state index contributed by atoms with van der Waals surface area (Å²) in [7, 11) is 0. The predicted molar refractivity (Wildman–Crippen MR) is 99.9 cm³/mol. The lowest BCUT2D eigenvalue weighted by Gasteiger charge is -2.09. The van der Waals surface area contributed by atoms with Gasteiger partial charge in [0.15, 0.2) is 5.78 Å². The van der Waals surface area contributed by atoms with Gasteiger partial charge >= 0.3 is 0 Å². The zero-order chi connectivity index (χ0) is 19.2. The Morgan fingerprint density at radius 3 is 2.30 bits per heavy atom. The molecule has 0 aliphatic heterocycles. The summed E-state index contributed by atoms with van der Waals surface area (Å²) in [6.45, 7) is -0.381. The minimum absolute atomic E-state index is 0.0708. The lowest BCUT2D eigenvalue weighted by molar-refractivity contribution is -0.120. The van der Waals surface area contributed by atoms with E-state index in [1.165, 1.54) is 12.1 Å². The highest BCUT2D eigenvalue weighted by molar-refractivity contribution is 5.85. The quantitative estimate of drug-likeness (QED) is 0.671. The van der Waals surface area contributed by atoms with Gasteiger partial charge in [0.25, 0.3) is 0 Å². The first-order chi connectivity index (χ1) is 13.0. The van der Waals surface area contributed by atoms with E-state index in [0.29, 0.717) is 22.9 Å². The smallest absolute Gasteiger partial charge is 0.157 e. The number of nitrogens with zero attached hydrogens (tertiary/aromatic N) is 1. The van der Waals surface area contributed by atoms with E-state index in [-0.39, 0.29) is 24.6 Å². The molecule has 5 nitrogen and oxygen atoms in total. The Labute approximate surface area is 156 Å². The SMILES string of the molecule is N[C@@H](CO)C(=O)Cc1cccc(-c2ccc(Oc3ccc(F)cc3)cc2)n1. The minimum atomic E-state index is -0.890. The highest BCUT2D eigenvalue weighted by Gasteiger charge is 2.14. The van der Waals surface area contributed by atoms with Crippen LogP contribution < -0.4 is 10.5 Å². The van der Waals surface area contributed by atoms with Crippen LogP contribution in [0.25, 0.3) is 11.3 Å². The van der Waals surface area contributed by atoms with Crippen LogP contribution >= 0.6 is 0 Å². The summed E-state index contributed by atoms with van der Waals surface area (Å²) < 4.78 is 18.6. The van der Waals surface area contributed by atoms with Crippen molar-refractivity contribution in [3.8, 4) is 22.8 Å². The van der Waals surface area contributed by atoms with E-state index in [1.54, 1.807) is 30.3 Å².